The molecule has 0 radical (unpaired) electrons. The highest BCUT2D eigenvalue weighted by Crippen LogP contribution is 2.44. The van der Waals surface area contributed by atoms with Crippen molar-refractivity contribution in [3.63, 3.8) is 0 Å². The second-order valence-corrected chi connectivity index (χ2v) is 10.7. The maximum atomic E-state index is 14.0. The van der Waals surface area contributed by atoms with Gasteiger partial charge in [-0.3, -0.25) is 9.69 Å². The number of halogens is 1. The molecule has 0 fully saturated rings. The zero-order chi connectivity index (χ0) is 24.7. The standard InChI is InChI=1S/C28H28BrNO4/c1-27(2,3)22-12-10-19(15-24(22)34-4)25(31)30-23-13-11-21(29)14-20(23)17-28(30,26(32)33)16-18-8-6-5-7-9-18/h5-15H,16-17H2,1-4H3,(H,32,33). The Morgan fingerprint density at radius 1 is 1.06 bits per heavy atom. The molecule has 1 aliphatic rings. The molecule has 1 N–H and O–H groups in total. The minimum Gasteiger partial charge on any atom is -0.496 e. The van der Waals surface area contributed by atoms with E-state index in [9.17, 15) is 14.7 Å². The van der Waals surface area contributed by atoms with Gasteiger partial charge in [0.05, 0.1) is 7.11 Å². The van der Waals surface area contributed by atoms with E-state index < -0.39 is 11.5 Å². The average Bonchev–Trinajstić information content (AvgIpc) is 3.12. The Bertz CT molecular complexity index is 1250. The van der Waals surface area contributed by atoms with Crippen molar-refractivity contribution in [1.29, 1.82) is 0 Å². The minimum atomic E-state index is -1.45. The number of anilines is 1. The molecule has 1 amide bonds. The number of nitrogens with zero attached hydrogens (tertiary/aromatic N) is 1. The van der Waals surface area contributed by atoms with Gasteiger partial charge in [-0.25, -0.2) is 4.79 Å². The van der Waals surface area contributed by atoms with Gasteiger partial charge in [-0.15, -0.1) is 0 Å². The van der Waals surface area contributed by atoms with Crippen LogP contribution in [0.15, 0.2) is 71.2 Å². The lowest BCUT2D eigenvalue weighted by Crippen LogP contribution is -2.57. The summed E-state index contributed by atoms with van der Waals surface area (Å²) in [5.41, 5.74) is 2.04. The zero-order valence-corrected chi connectivity index (χ0v) is 21.3. The van der Waals surface area contributed by atoms with E-state index in [-0.39, 0.29) is 24.2 Å². The van der Waals surface area contributed by atoms with Crippen LogP contribution in [0, 0.1) is 0 Å². The third-order valence-corrected chi connectivity index (χ3v) is 6.88. The van der Waals surface area contributed by atoms with Crippen molar-refractivity contribution in [3.05, 3.63) is 93.5 Å². The summed E-state index contributed by atoms with van der Waals surface area (Å²) in [6.45, 7) is 6.24. The summed E-state index contributed by atoms with van der Waals surface area (Å²) in [5.74, 6) is -0.786. The van der Waals surface area contributed by atoms with E-state index in [1.807, 2.05) is 54.6 Å². The SMILES string of the molecule is COc1cc(C(=O)N2c3ccc(Br)cc3CC2(Cc2ccccc2)C(=O)O)ccc1C(C)(C)C. The largest absolute Gasteiger partial charge is 0.496 e. The van der Waals surface area contributed by atoms with Crippen LogP contribution in [0.2, 0.25) is 0 Å². The van der Waals surface area contributed by atoms with Gasteiger partial charge in [0, 0.05) is 28.6 Å². The fourth-order valence-electron chi connectivity index (χ4n) is 4.74. The number of carbonyl (C=O) groups is 2. The molecule has 176 valence electrons. The molecule has 6 heteroatoms. The van der Waals surface area contributed by atoms with Gasteiger partial charge in [0.25, 0.3) is 5.91 Å². The van der Waals surface area contributed by atoms with Crippen LogP contribution in [0.1, 0.15) is 47.8 Å². The molecule has 0 saturated heterocycles. The lowest BCUT2D eigenvalue weighted by Gasteiger charge is -2.35. The highest BCUT2D eigenvalue weighted by molar-refractivity contribution is 9.10. The lowest BCUT2D eigenvalue weighted by molar-refractivity contribution is -0.143. The van der Waals surface area contributed by atoms with E-state index in [2.05, 4.69) is 36.7 Å². The Labute approximate surface area is 208 Å². The van der Waals surface area contributed by atoms with E-state index in [0.717, 1.165) is 21.2 Å². The quantitative estimate of drug-likeness (QED) is 0.445. The van der Waals surface area contributed by atoms with Crippen LogP contribution >= 0.6 is 15.9 Å². The first kappa shape index (κ1) is 24.0. The van der Waals surface area contributed by atoms with Crippen molar-refractivity contribution in [2.75, 3.05) is 12.0 Å². The molecule has 3 aromatic carbocycles. The summed E-state index contributed by atoms with van der Waals surface area (Å²) in [5, 5.41) is 10.6. The first-order chi connectivity index (χ1) is 16.1. The molecule has 0 aromatic heterocycles. The first-order valence-electron chi connectivity index (χ1n) is 11.2. The number of aliphatic carboxylic acids is 1. The summed E-state index contributed by atoms with van der Waals surface area (Å²) in [6.07, 6.45) is 0.410. The minimum absolute atomic E-state index is 0.169. The van der Waals surface area contributed by atoms with Gasteiger partial charge in [0.1, 0.15) is 5.75 Å². The predicted octanol–water partition coefficient (Wildman–Crippen LogP) is 6.02. The maximum Gasteiger partial charge on any atom is 0.330 e. The second-order valence-electron chi connectivity index (χ2n) is 9.75. The Morgan fingerprint density at radius 2 is 1.76 bits per heavy atom. The third kappa shape index (κ3) is 4.23. The number of carboxylic acid groups (broad SMARTS) is 1. The Kier molecular flexibility index (Phi) is 6.30. The molecule has 0 saturated carbocycles. The smallest absolute Gasteiger partial charge is 0.330 e. The van der Waals surface area contributed by atoms with Crippen LogP contribution in [0.5, 0.6) is 5.75 Å². The van der Waals surface area contributed by atoms with Crippen molar-refractivity contribution < 1.29 is 19.4 Å². The number of hydrogen-bond donors (Lipinski definition) is 1. The lowest BCUT2D eigenvalue weighted by atomic mass is 9.85. The monoisotopic (exact) mass is 521 g/mol. The highest BCUT2D eigenvalue weighted by atomic mass is 79.9. The second kappa shape index (κ2) is 8.91. The molecule has 4 rings (SSSR count). The van der Waals surface area contributed by atoms with E-state index in [0.29, 0.717) is 17.0 Å². The number of rotatable bonds is 5. The fourth-order valence-corrected chi connectivity index (χ4v) is 5.15. The van der Waals surface area contributed by atoms with Crippen molar-refractivity contribution in [3.8, 4) is 5.75 Å². The summed E-state index contributed by atoms with van der Waals surface area (Å²) < 4.78 is 6.46. The topological polar surface area (TPSA) is 66.8 Å². The molecular formula is C28H28BrNO4. The van der Waals surface area contributed by atoms with E-state index in [1.54, 1.807) is 19.2 Å². The number of hydrogen-bond acceptors (Lipinski definition) is 3. The Hall–Kier alpha value is -3.12. The van der Waals surface area contributed by atoms with Crippen LogP contribution in [0.4, 0.5) is 5.69 Å². The number of methoxy groups -OCH3 is 1. The van der Waals surface area contributed by atoms with Crippen LogP contribution < -0.4 is 9.64 Å². The van der Waals surface area contributed by atoms with Gasteiger partial charge in [0.2, 0.25) is 0 Å². The zero-order valence-electron chi connectivity index (χ0n) is 19.8. The molecule has 34 heavy (non-hydrogen) atoms. The molecule has 1 heterocycles. The molecule has 1 aliphatic heterocycles. The van der Waals surface area contributed by atoms with Crippen molar-refractivity contribution >= 4 is 33.5 Å². The van der Waals surface area contributed by atoms with Crippen molar-refractivity contribution in [1.82, 2.24) is 0 Å². The number of fused-ring (bicyclic) bond motifs is 1. The molecule has 3 aromatic rings. The maximum absolute atomic E-state index is 14.0. The Balaban J connectivity index is 1.87. The van der Waals surface area contributed by atoms with E-state index >= 15 is 0 Å². The first-order valence-corrected chi connectivity index (χ1v) is 11.9. The summed E-state index contributed by atoms with van der Waals surface area (Å²) >= 11 is 3.49. The number of ether oxygens (including phenoxy) is 1. The number of benzene rings is 3. The number of carboxylic acids is 1. The van der Waals surface area contributed by atoms with Gasteiger partial charge in [-0.2, -0.15) is 0 Å². The van der Waals surface area contributed by atoms with Crippen LogP contribution in [-0.4, -0.2) is 29.6 Å². The molecule has 1 atom stereocenters. The fraction of sp³-hybridized carbons (Fsp3) is 0.286. The molecule has 5 nitrogen and oxygen atoms in total. The van der Waals surface area contributed by atoms with Gasteiger partial charge in [-0.05, 0) is 52.4 Å². The molecule has 0 bridgehead atoms. The van der Waals surface area contributed by atoms with E-state index in [1.165, 1.54) is 4.90 Å². The molecule has 0 spiro atoms. The highest BCUT2D eigenvalue weighted by Gasteiger charge is 2.53. The third-order valence-electron chi connectivity index (χ3n) is 6.39. The Morgan fingerprint density at radius 3 is 2.38 bits per heavy atom. The van der Waals surface area contributed by atoms with E-state index in [4.69, 9.17) is 4.74 Å². The number of amides is 1. The molecule has 1 unspecified atom stereocenters. The summed E-state index contributed by atoms with van der Waals surface area (Å²) in [6, 6.07) is 20.4. The van der Waals surface area contributed by atoms with Gasteiger partial charge < -0.3 is 9.84 Å². The van der Waals surface area contributed by atoms with Gasteiger partial charge >= 0.3 is 5.97 Å². The summed E-state index contributed by atoms with van der Waals surface area (Å²) in [7, 11) is 1.58. The summed E-state index contributed by atoms with van der Waals surface area (Å²) in [4.78, 5) is 28.4. The molecule has 0 aliphatic carbocycles. The van der Waals surface area contributed by atoms with Crippen LogP contribution in [0.3, 0.4) is 0 Å². The molecular weight excluding hydrogens is 494 g/mol. The predicted molar refractivity (Wildman–Crippen MR) is 137 cm³/mol. The van der Waals surface area contributed by atoms with Gasteiger partial charge in [0.15, 0.2) is 5.54 Å². The van der Waals surface area contributed by atoms with Crippen LogP contribution in [-0.2, 0) is 23.1 Å². The van der Waals surface area contributed by atoms with Crippen LogP contribution in [0.25, 0.3) is 0 Å². The normalized spacial score (nSPS) is 17.4. The van der Waals surface area contributed by atoms with Crippen molar-refractivity contribution in [2.24, 2.45) is 0 Å². The average molecular weight is 522 g/mol. The van der Waals surface area contributed by atoms with Crippen molar-refractivity contribution in [2.45, 2.75) is 44.6 Å². The number of carbonyl (C=O) groups excluding carboxylic acids is 1. The van der Waals surface area contributed by atoms with Gasteiger partial charge in [-0.1, -0.05) is 73.1 Å².